The molecule has 106 valence electrons. The summed E-state index contributed by atoms with van der Waals surface area (Å²) < 4.78 is 1.13. The molecule has 0 saturated carbocycles. The Hall–Kier alpha value is -0.540. The molecular weight excluding hydrogens is 357 g/mol. The van der Waals surface area contributed by atoms with E-state index in [0.717, 1.165) is 28.0 Å². The van der Waals surface area contributed by atoms with E-state index in [2.05, 4.69) is 40.3 Å². The van der Waals surface area contributed by atoms with E-state index in [1.807, 2.05) is 24.3 Å². The molecule has 2 aromatic rings. The zero-order chi connectivity index (χ0) is 14.5. The van der Waals surface area contributed by atoms with Gasteiger partial charge < -0.3 is 5.32 Å². The number of hydrogen-bond acceptors (Lipinski definition) is 1. The molecule has 0 fully saturated rings. The Balaban J connectivity index is 1.91. The summed E-state index contributed by atoms with van der Waals surface area (Å²) in [4.78, 5) is 0. The van der Waals surface area contributed by atoms with Crippen LogP contribution in [0.15, 0.2) is 46.9 Å². The van der Waals surface area contributed by atoms with E-state index in [1.165, 1.54) is 5.56 Å². The molecule has 0 heterocycles. The molecule has 0 aliphatic carbocycles. The van der Waals surface area contributed by atoms with Crippen LogP contribution in [0, 0.1) is 0 Å². The van der Waals surface area contributed by atoms with Crippen LogP contribution >= 0.6 is 39.1 Å². The van der Waals surface area contributed by atoms with Crippen LogP contribution in [0.4, 0.5) is 0 Å². The van der Waals surface area contributed by atoms with Gasteiger partial charge >= 0.3 is 0 Å². The van der Waals surface area contributed by atoms with Crippen molar-refractivity contribution in [2.75, 3.05) is 6.54 Å². The second-order valence-corrected chi connectivity index (χ2v) is 6.38. The van der Waals surface area contributed by atoms with Crippen molar-refractivity contribution < 1.29 is 0 Å². The first-order valence-corrected chi connectivity index (χ1v) is 8.04. The van der Waals surface area contributed by atoms with E-state index in [0.29, 0.717) is 5.02 Å². The second-order valence-electron chi connectivity index (χ2n) is 4.68. The second kappa shape index (κ2) is 7.46. The number of nitrogens with one attached hydrogen (secondary N) is 1. The van der Waals surface area contributed by atoms with Crippen LogP contribution in [0.25, 0.3) is 0 Å². The van der Waals surface area contributed by atoms with Gasteiger partial charge in [-0.2, -0.15) is 0 Å². The molecule has 1 atom stereocenters. The molecule has 0 spiro atoms. The first-order valence-electron chi connectivity index (χ1n) is 6.49. The Bertz CT molecular complexity index is 586. The van der Waals surface area contributed by atoms with Crippen LogP contribution in [0.1, 0.15) is 24.1 Å². The van der Waals surface area contributed by atoms with Crippen LogP contribution in [-0.2, 0) is 6.42 Å². The Morgan fingerprint density at radius 2 is 1.90 bits per heavy atom. The third kappa shape index (κ3) is 4.23. The maximum Gasteiger partial charge on any atom is 0.0453 e. The Morgan fingerprint density at radius 3 is 2.60 bits per heavy atom. The fourth-order valence-electron chi connectivity index (χ4n) is 2.08. The molecule has 0 bridgehead atoms. The zero-order valence-corrected chi connectivity index (χ0v) is 14.3. The number of hydrogen-bond donors (Lipinski definition) is 1. The lowest BCUT2D eigenvalue weighted by Crippen LogP contribution is -2.21. The van der Waals surface area contributed by atoms with Crippen LogP contribution in [0.5, 0.6) is 0 Å². The smallest absolute Gasteiger partial charge is 0.0453 e. The molecule has 0 radical (unpaired) electrons. The Morgan fingerprint density at radius 1 is 1.15 bits per heavy atom. The maximum absolute atomic E-state index is 6.17. The van der Waals surface area contributed by atoms with Crippen molar-refractivity contribution in [2.24, 2.45) is 0 Å². The summed E-state index contributed by atoms with van der Waals surface area (Å²) in [5.41, 5.74) is 2.37. The average molecular weight is 373 g/mol. The number of rotatable bonds is 5. The van der Waals surface area contributed by atoms with Gasteiger partial charge in [0.15, 0.2) is 0 Å². The molecule has 0 aliphatic heterocycles. The molecule has 0 aliphatic rings. The van der Waals surface area contributed by atoms with E-state index in [-0.39, 0.29) is 6.04 Å². The minimum atomic E-state index is 0.289. The summed E-state index contributed by atoms with van der Waals surface area (Å²) in [5, 5.41) is 4.91. The first-order chi connectivity index (χ1) is 9.58. The van der Waals surface area contributed by atoms with Gasteiger partial charge in [0.05, 0.1) is 0 Å². The number of halogens is 3. The van der Waals surface area contributed by atoms with Crippen molar-refractivity contribution in [1.82, 2.24) is 5.32 Å². The molecular formula is C16H16BrCl2N. The minimum Gasteiger partial charge on any atom is -0.310 e. The van der Waals surface area contributed by atoms with Gasteiger partial charge in [-0.05, 0) is 49.2 Å². The molecule has 4 heteroatoms. The lowest BCUT2D eigenvalue weighted by atomic mass is 10.1. The highest BCUT2D eigenvalue weighted by Crippen LogP contribution is 2.23. The van der Waals surface area contributed by atoms with Crippen LogP contribution < -0.4 is 5.32 Å². The van der Waals surface area contributed by atoms with Crippen molar-refractivity contribution >= 4 is 39.1 Å². The van der Waals surface area contributed by atoms with E-state index in [9.17, 15) is 0 Å². The summed E-state index contributed by atoms with van der Waals surface area (Å²) in [6, 6.07) is 14.2. The molecule has 1 unspecified atom stereocenters. The van der Waals surface area contributed by atoms with Gasteiger partial charge in [-0.15, -0.1) is 0 Å². The van der Waals surface area contributed by atoms with Crippen LogP contribution in [-0.4, -0.2) is 6.54 Å². The van der Waals surface area contributed by atoms with E-state index in [1.54, 1.807) is 6.07 Å². The van der Waals surface area contributed by atoms with Crippen molar-refractivity contribution in [3.05, 3.63) is 68.1 Å². The average Bonchev–Trinajstić information content (AvgIpc) is 2.41. The molecule has 0 amide bonds. The normalized spacial score (nSPS) is 12.4. The highest BCUT2D eigenvalue weighted by atomic mass is 79.9. The fraction of sp³-hybridized carbons (Fsp3) is 0.250. The summed E-state index contributed by atoms with van der Waals surface area (Å²) in [7, 11) is 0. The third-order valence-electron chi connectivity index (χ3n) is 3.23. The molecule has 1 N–H and O–H groups in total. The van der Waals surface area contributed by atoms with E-state index in [4.69, 9.17) is 23.2 Å². The van der Waals surface area contributed by atoms with Gasteiger partial charge in [-0.25, -0.2) is 0 Å². The largest absolute Gasteiger partial charge is 0.310 e. The van der Waals surface area contributed by atoms with Gasteiger partial charge in [-0.1, -0.05) is 63.4 Å². The van der Waals surface area contributed by atoms with Gasteiger partial charge in [0, 0.05) is 20.6 Å². The molecule has 2 aromatic carbocycles. The summed E-state index contributed by atoms with van der Waals surface area (Å²) >= 11 is 15.6. The molecule has 20 heavy (non-hydrogen) atoms. The molecule has 2 rings (SSSR count). The van der Waals surface area contributed by atoms with Crippen molar-refractivity contribution in [3.63, 3.8) is 0 Å². The fourth-order valence-corrected chi connectivity index (χ4v) is 3.22. The quantitative estimate of drug-likeness (QED) is 0.714. The van der Waals surface area contributed by atoms with Crippen LogP contribution in [0.3, 0.4) is 0 Å². The predicted octanol–water partition coefficient (Wildman–Crippen LogP) is 5.65. The van der Waals surface area contributed by atoms with E-state index < -0.39 is 0 Å². The number of benzene rings is 2. The molecule has 1 nitrogen and oxygen atoms in total. The topological polar surface area (TPSA) is 12.0 Å². The monoisotopic (exact) mass is 371 g/mol. The lowest BCUT2D eigenvalue weighted by Gasteiger charge is -2.16. The highest BCUT2D eigenvalue weighted by molar-refractivity contribution is 9.10. The SMILES string of the molecule is CC(NCCc1ccc(Cl)cc1Cl)c1ccccc1Br. The van der Waals surface area contributed by atoms with Gasteiger partial charge in [0.25, 0.3) is 0 Å². The lowest BCUT2D eigenvalue weighted by molar-refractivity contribution is 0.575. The maximum atomic E-state index is 6.17. The Labute approximate surface area is 138 Å². The van der Waals surface area contributed by atoms with Gasteiger partial charge in [0.1, 0.15) is 0 Å². The van der Waals surface area contributed by atoms with Crippen molar-refractivity contribution in [1.29, 1.82) is 0 Å². The highest BCUT2D eigenvalue weighted by Gasteiger charge is 2.08. The first kappa shape index (κ1) is 15.8. The molecule has 0 aromatic heterocycles. The summed E-state index contributed by atoms with van der Waals surface area (Å²) in [5.74, 6) is 0. The third-order valence-corrected chi connectivity index (χ3v) is 4.54. The standard InChI is InChI=1S/C16H16BrCl2N/c1-11(14-4-2-3-5-15(14)17)20-9-8-12-6-7-13(18)10-16(12)19/h2-7,10-11,20H,8-9H2,1H3. The predicted molar refractivity (Wildman–Crippen MR) is 90.7 cm³/mol. The zero-order valence-electron chi connectivity index (χ0n) is 11.2. The van der Waals surface area contributed by atoms with Gasteiger partial charge in [0.2, 0.25) is 0 Å². The van der Waals surface area contributed by atoms with Gasteiger partial charge in [-0.3, -0.25) is 0 Å². The van der Waals surface area contributed by atoms with Crippen molar-refractivity contribution in [3.8, 4) is 0 Å². The van der Waals surface area contributed by atoms with Crippen LogP contribution in [0.2, 0.25) is 10.0 Å². The minimum absolute atomic E-state index is 0.289. The summed E-state index contributed by atoms with van der Waals surface area (Å²) in [6.45, 7) is 3.02. The summed E-state index contributed by atoms with van der Waals surface area (Å²) in [6.07, 6.45) is 0.880. The molecule has 0 saturated heterocycles. The van der Waals surface area contributed by atoms with E-state index >= 15 is 0 Å². The Kier molecular flexibility index (Phi) is 5.91. The van der Waals surface area contributed by atoms with Crippen molar-refractivity contribution in [2.45, 2.75) is 19.4 Å².